The Hall–Kier alpha value is -0.810. The van der Waals surface area contributed by atoms with Gasteiger partial charge < -0.3 is 20.3 Å². The maximum absolute atomic E-state index is 5.32. The van der Waals surface area contributed by atoms with Crippen molar-refractivity contribution < 1.29 is 4.74 Å². The summed E-state index contributed by atoms with van der Waals surface area (Å²) >= 11 is 0. The van der Waals surface area contributed by atoms with E-state index in [1.54, 1.807) is 7.11 Å². The van der Waals surface area contributed by atoms with Crippen molar-refractivity contribution in [2.24, 2.45) is 10.4 Å². The molecule has 0 spiro atoms. The van der Waals surface area contributed by atoms with Crippen molar-refractivity contribution in [2.45, 2.75) is 65.3 Å². The molecule has 1 fully saturated rings. The summed E-state index contributed by atoms with van der Waals surface area (Å²) in [4.78, 5) is 7.30. The van der Waals surface area contributed by atoms with Crippen molar-refractivity contribution in [1.29, 1.82) is 0 Å². The Morgan fingerprint density at radius 3 is 2.54 bits per heavy atom. The Bertz CT molecular complexity index is 353. The zero-order chi connectivity index (χ0) is 17.8. The lowest BCUT2D eigenvalue weighted by atomic mass is 9.83. The highest BCUT2D eigenvalue weighted by Crippen LogP contribution is 2.41. The first kappa shape index (κ1) is 21.2. The number of ether oxygens (including phenoxy) is 1. The number of hydrogen-bond acceptors (Lipinski definition) is 3. The number of guanidine groups is 1. The molecule has 0 aromatic carbocycles. The first-order valence-electron chi connectivity index (χ1n) is 9.78. The van der Waals surface area contributed by atoms with E-state index in [1.807, 2.05) is 0 Å². The molecule has 0 aromatic heterocycles. The van der Waals surface area contributed by atoms with Crippen molar-refractivity contribution in [3.05, 3.63) is 0 Å². The summed E-state index contributed by atoms with van der Waals surface area (Å²) in [5, 5.41) is 6.88. The zero-order valence-electron chi connectivity index (χ0n) is 16.7. The van der Waals surface area contributed by atoms with E-state index in [2.05, 4.69) is 43.4 Å². The Morgan fingerprint density at radius 2 is 1.96 bits per heavy atom. The molecule has 1 rings (SSSR count). The molecule has 142 valence electrons. The van der Waals surface area contributed by atoms with Gasteiger partial charge in [-0.25, -0.2) is 0 Å². The van der Waals surface area contributed by atoms with E-state index in [4.69, 9.17) is 9.73 Å². The van der Waals surface area contributed by atoms with Crippen LogP contribution in [0.2, 0.25) is 0 Å². The second-order valence-corrected chi connectivity index (χ2v) is 7.31. The van der Waals surface area contributed by atoms with E-state index in [1.165, 1.54) is 32.1 Å². The van der Waals surface area contributed by atoms with Crippen LogP contribution in [0, 0.1) is 5.41 Å². The van der Waals surface area contributed by atoms with Crippen LogP contribution in [0.25, 0.3) is 0 Å². The fraction of sp³-hybridized carbons (Fsp3) is 0.947. The second-order valence-electron chi connectivity index (χ2n) is 7.31. The minimum Gasteiger partial charge on any atom is -0.385 e. The van der Waals surface area contributed by atoms with Gasteiger partial charge in [0.15, 0.2) is 5.96 Å². The molecule has 2 N–H and O–H groups in total. The van der Waals surface area contributed by atoms with Crippen LogP contribution in [0.1, 0.15) is 59.3 Å². The molecule has 0 amide bonds. The first-order valence-corrected chi connectivity index (χ1v) is 9.78. The van der Waals surface area contributed by atoms with Gasteiger partial charge >= 0.3 is 0 Å². The van der Waals surface area contributed by atoms with Crippen LogP contribution in [-0.2, 0) is 4.74 Å². The van der Waals surface area contributed by atoms with E-state index in [0.717, 1.165) is 45.2 Å². The van der Waals surface area contributed by atoms with Crippen molar-refractivity contribution in [3.8, 4) is 0 Å². The topological polar surface area (TPSA) is 48.9 Å². The van der Waals surface area contributed by atoms with Gasteiger partial charge in [-0.3, -0.25) is 4.99 Å². The van der Waals surface area contributed by atoms with Crippen LogP contribution in [0.4, 0.5) is 0 Å². The summed E-state index contributed by atoms with van der Waals surface area (Å²) in [5.74, 6) is 0.957. The van der Waals surface area contributed by atoms with Gasteiger partial charge in [0.2, 0.25) is 0 Å². The molecule has 0 radical (unpaired) electrons. The number of hydrogen-bond donors (Lipinski definition) is 2. The van der Waals surface area contributed by atoms with Crippen molar-refractivity contribution >= 4 is 5.96 Å². The van der Waals surface area contributed by atoms with Crippen molar-refractivity contribution in [3.63, 3.8) is 0 Å². The molecule has 1 aliphatic carbocycles. The van der Waals surface area contributed by atoms with E-state index >= 15 is 0 Å². The highest BCUT2D eigenvalue weighted by Gasteiger charge is 2.33. The predicted octanol–water partition coefficient (Wildman–Crippen LogP) is 2.87. The molecular weight excluding hydrogens is 300 g/mol. The zero-order valence-corrected chi connectivity index (χ0v) is 16.7. The summed E-state index contributed by atoms with van der Waals surface area (Å²) in [6.45, 7) is 11.3. The molecule has 0 aliphatic heterocycles. The molecule has 1 unspecified atom stereocenters. The van der Waals surface area contributed by atoms with Crippen LogP contribution in [0.3, 0.4) is 0 Å². The monoisotopic (exact) mass is 340 g/mol. The van der Waals surface area contributed by atoms with E-state index in [0.29, 0.717) is 11.5 Å². The third-order valence-electron chi connectivity index (χ3n) is 5.52. The average Bonchev–Trinajstić information content (AvgIpc) is 3.06. The SMILES string of the molecule is CCNC(=NCC1(CCOC)CCCC1)NCCN(C)C(C)CC. The molecule has 0 aromatic rings. The van der Waals surface area contributed by atoms with E-state index in [9.17, 15) is 0 Å². The van der Waals surface area contributed by atoms with Gasteiger partial charge in [-0.1, -0.05) is 19.8 Å². The number of aliphatic imine (C=N–C) groups is 1. The molecule has 1 saturated carbocycles. The van der Waals surface area contributed by atoms with Crippen molar-refractivity contribution in [1.82, 2.24) is 15.5 Å². The predicted molar refractivity (Wildman–Crippen MR) is 104 cm³/mol. The van der Waals surface area contributed by atoms with Crippen LogP contribution in [0.15, 0.2) is 4.99 Å². The first-order chi connectivity index (χ1) is 11.6. The molecule has 1 atom stereocenters. The fourth-order valence-corrected chi connectivity index (χ4v) is 3.40. The van der Waals surface area contributed by atoms with Gasteiger partial charge in [-0.15, -0.1) is 0 Å². The van der Waals surface area contributed by atoms with Crippen molar-refractivity contribution in [2.75, 3.05) is 46.9 Å². The standard InChI is InChI=1S/C19H40N4O/c1-6-17(3)23(4)14-13-21-18(20-7-2)22-16-19(12-15-24-5)10-8-9-11-19/h17H,6-16H2,1-5H3,(H2,20,21,22). The summed E-state index contributed by atoms with van der Waals surface area (Å²) in [6, 6.07) is 0.627. The molecular formula is C19H40N4O. The summed E-state index contributed by atoms with van der Waals surface area (Å²) in [5.41, 5.74) is 0.353. The van der Waals surface area contributed by atoms with Gasteiger partial charge in [0.25, 0.3) is 0 Å². The van der Waals surface area contributed by atoms with Crippen LogP contribution >= 0.6 is 0 Å². The average molecular weight is 341 g/mol. The lowest BCUT2D eigenvalue weighted by Gasteiger charge is -2.27. The van der Waals surface area contributed by atoms with Gasteiger partial charge in [0, 0.05) is 45.9 Å². The number of nitrogens with zero attached hydrogens (tertiary/aromatic N) is 2. The molecule has 24 heavy (non-hydrogen) atoms. The van der Waals surface area contributed by atoms with Crippen LogP contribution < -0.4 is 10.6 Å². The smallest absolute Gasteiger partial charge is 0.191 e. The van der Waals surface area contributed by atoms with Gasteiger partial charge in [0.05, 0.1) is 0 Å². The van der Waals surface area contributed by atoms with Gasteiger partial charge in [0.1, 0.15) is 0 Å². The molecule has 0 heterocycles. The summed E-state index contributed by atoms with van der Waals surface area (Å²) < 4.78 is 5.32. The highest BCUT2D eigenvalue weighted by atomic mass is 16.5. The maximum Gasteiger partial charge on any atom is 0.191 e. The minimum atomic E-state index is 0.353. The lowest BCUT2D eigenvalue weighted by Crippen LogP contribution is -2.43. The highest BCUT2D eigenvalue weighted by molar-refractivity contribution is 5.79. The minimum absolute atomic E-state index is 0.353. The number of rotatable bonds is 11. The number of likely N-dealkylation sites (N-methyl/N-ethyl adjacent to an activating group) is 1. The maximum atomic E-state index is 5.32. The molecule has 1 aliphatic rings. The molecule has 0 bridgehead atoms. The number of nitrogens with one attached hydrogen (secondary N) is 2. The Balaban J connectivity index is 2.51. The molecule has 0 saturated heterocycles. The Labute approximate surface area is 149 Å². The summed E-state index contributed by atoms with van der Waals surface area (Å²) in [6.07, 6.45) is 7.56. The molecule has 5 heteroatoms. The fourth-order valence-electron chi connectivity index (χ4n) is 3.40. The largest absolute Gasteiger partial charge is 0.385 e. The Morgan fingerprint density at radius 1 is 1.25 bits per heavy atom. The lowest BCUT2D eigenvalue weighted by molar-refractivity contribution is 0.141. The third kappa shape index (κ3) is 7.39. The van der Waals surface area contributed by atoms with Gasteiger partial charge in [-0.05, 0) is 52.0 Å². The summed E-state index contributed by atoms with van der Waals surface area (Å²) in [7, 11) is 3.99. The third-order valence-corrected chi connectivity index (χ3v) is 5.52. The number of methoxy groups -OCH3 is 1. The van der Waals surface area contributed by atoms with Crippen LogP contribution in [-0.4, -0.2) is 63.8 Å². The quantitative estimate of drug-likeness (QED) is 0.448. The van der Waals surface area contributed by atoms with Crippen LogP contribution in [0.5, 0.6) is 0 Å². The van der Waals surface area contributed by atoms with E-state index in [-0.39, 0.29) is 0 Å². The Kier molecular flexibility index (Phi) is 10.3. The van der Waals surface area contributed by atoms with E-state index < -0.39 is 0 Å². The molecule has 5 nitrogen and oxygen atoms in total. The van der Waals surface area contributed by atoms with Gasteiger partial charge in [-0.2, -0.15) is 0 Å². The second kappa shape index (κ2) is 11.7. The normalized spacial score (nSPS) is 18.8.